The first-order valence-electron chi connectivity index (χ1n) is 12.4. The van der Waals surface area contributed by atoms with Crippen LogP contribution in [-0.4, -0.2) is 48.8 Å². The summed E-state index contributed by atoms with van der Waals surface area (Å²) < 4.78 is 15.8. The second kappa shape index (κ2) is 13.3. The lowest BCUT2D eigenvalue weighted by molar-refractivity contribution is -0.384. The average Bonchev–Trinajstić information content (AvgIpc) is 2.91. The van der Waals surface area contributed by atoms with Gasteiger partial charge in [-0.15, -0.1) is 0 Å². The summed E-state index contributed by atoms with van der Waals surface area (Å²) in [7, 11) is 1.55. The van der Waals surface area contributed by atoms with Gasteiger partial charge in [0.1, 0.15) is 11.7 Å². The number of hydrogen-bond donors (Lipinski definition) is 1. The summed E-state index contributed by atoms with van der Waals surface area (Å²) in [6.45, 7) is 5.00. The van der Waals surface area contributed by atoms with Crippen molar-refractivity contribution < 1.29 is 33.5 Å². The number of nitro benzene ring substituents is 1. The van der Waals surface area contributed by atoms with E-state index in [1.54, 1.807) is 58.2 Å². The molecule has 206 valence electrons. The number of carbonyl (C=O) groups excluding carboxylic acids is 3. The van der Waals surface area contributed by atoms with Gasteiger partial charge in [0.05, 0.1) is 30.8 Å². The van der Waals surface area contributed by atoms with Crippen molar-refractivity contribution in [1.29, 1.82) is 0 Å². The topological polar surface area (TPSA) is 146 Å². The Balaban J connectivity index is 1.75. The molecule has 2 aromatic carbocycles. The molecular formula is C28H31N3O8. The van der Waals surface area contributed by atoms with Gasteiger partial charge >= 0.3 is 11.9 Å². The van der Waals surface area contributed by atoms with E-state index in [4.69, 9.17) is 14.2 Å². The molecule has 0 bridgehead atoms. The van der Waals surface area contributed by atoms with Crippen molar-refractivity contribution in [3.63, 3.8) is 0 Å². The summed E-state index contributed by atoms with van der Waals surface area (Å²) in [5, 5.41) is 14.2. The standard InChI is InChI=1S/C28H31N3O8/c1-5-38-27(33)24-17(2)29-18(3)25(26(24)19-8-6-9-21(16-19)31(35)36)28(34)39-15-7-10-23(32)30-20-11-13-22(37-4)14-12-20/h6,8-9,11-14,16,24,26H,5,7,10,15H2,1-4H3,(H,30,32). The van der Waals surface area contributed by atoms with Gasteiger partial charge in [-0.25, -0.2) is 4.79 Å². The number of rotatable bonds is 11. The minimum absolute atomic E-state index is 0.0555. The summed E-state index contributed by atoms with van der Waals surface area (Å²) in [5.74, 6) is -2.75. The number of non-ortho nitro benzene ring substituents is 1. The number of carbonyl (C=O) groups is 3. The highest BCUT2D eigenvalue weighted by Crippen LogP contribution is 2.41. The van der Waals surface area contributed by atoms with Crippen LogP contribution in [0.4, 0.5) is 11.4 Å². The number of nitrogens with one attached hydrogen (secondary N) is 1. The Morgan fingerprint density at radius 2 is 1.79 bits per heavy atom. The van der Waals surface area contributed by atoms with Gasteiger partial charge in [0.25, 0.3) is 5.69 Å². The molecule has 1 aliphatic heterocycles. The van der Waals surface area contributed by atoms with Crippen LogP contribution in [0.1, 0.15) is 45.1 Å². The van der Waals surface area contributed by atoms with Gasteiger partial charge in [0.15, 0.2) is 0 Å². The quantitative estimate of drug-likeness (QED) is 0.190. The number of anilines is 1. The molecule has 1 heterocycles. The number of aliphatic imine (C=N–C) groups is 1. The van der Waals surface area contributed by atoms with Crippen LogP contribution in [0.3, 0.4) is 0 Å². The Morgan fingerprint density at radius 3 is 2.44 bits per heavy atom. The molecule has 0 saturated heterocycles. The van der Waals surface area contributed by atoms with Crippen LogP contribution in [0.15, 0.2) is 64.8 Å². The zero-order valence-corrected chi connectivity index (χ0v) is 22.3. The third kappa shape index (κ3) is 7.28. The van der Waals surface area contributed by atoms with E-state index in [9.17, 15) is 24.5 Å². The summed E-state index contributed by atoms with van der Waals surface area (Å²) in [6.07, 6.45) is 0.361. The number of esters is 2. The Hall–Kier alpha value is -4.54. The van der Waals surface area contributed by atoms with Crippen LogP contribution in [0.5, 0.6) is 5.75 Å². The largest absolute Gasteiger partial charge is 0.497 e. The number of methoxy groups -OCH3 is 1. The van der Waals surface area contributed by atoms with Gasteiger partial charge in [-0.05, 0) is 57.0 Å². The number of amides is 1. The molecule has 0 radical (unpaired) electrons. The number of allylic oxidation sites excluding steroid dienone is 1. The molecule has 11 nitrogen and oxygen atoms in total. The number of benzene rings is 2. The SMILES string of the molecule is CCOC(=O)C1C(C)=NC(C)=C(C(=O)OCCCC(=O)Nc2ccc(OC)cc2)C1c1cccc([N+](=O)[O-])c1. The van der Waals surface area contributed by atoms with E-state index in [1.807, 2.05) is 0 Å². The zero-order valence-electron chi connectivity index (χ0n) is 22.3. The molecule has 1 amide bonds. The number of nitrogens with zero attached hydrogens (tertiary/aromatic N) is 2. The highest BCUT2D eigenvalue weighted by atomic mass is 16.6. The number of hydrogen-bond acceptors (Lipinski definition) is 9. The van der Waals surface area contributed by atoms with Crippen LogP contribution in [0.25, 0.3) is 0 Å². The molecule has 0 spiro atoms. The van der Waals surface area contributed by atoms with Crippen molar-refractivity contribution in [2.75, 3.05) is 25.6 Å². The normalized spacial score (nSPS) is 16.7. The Kier molecular flexibility index (Phi) is 9.91. The van der Waals surface area contributed by atoms with Gasteiger partial charge in [-0.1, -0.05) is 12.1 Å². The van der Waals surface area contributed by atoms with Gasteiger partial charge in [-0.3, -0.25) is 24.7 Å². The fourth-order valence-corrected chi connectivity index (χ4v) is 4.40. The minimum Gasteiger partial charge on any atom is -0.497 e. The molecule has 2 unspecified atom stereocenters. The predicted octanol–water partition coefficient (Wildman–Crippen LogP) is 4.58. The highest BCUT2D eigenvalue weighted by Gasteiger charge is 2.42. The lowest BCUT2D eigenvalue weighted by atomic mass is 9.75. The Morgan fingerprint density at radius 1 is 1.08 bits per heavy atom. The molecule has 39 heavy (non-hydrogen) atoms. The molecule has 11 heteroatoms. The lowest BCUT2D eigenvalue weighted by Gasteiger charge is -2.31. The second-order valence-corrected chi connectivity index (χ2v) is 8.83. The molecule has 0 aliphatic carbocycles. The van der Waals surface area contributed by atoms with E-state index in [0.717, 1.165) is 0 Å². The van der Waals surface area contributed by atoms with Crippen molar-refractivity contribution in [2.45, 2.75) is 39.5 Å². The first-order chi connectivity index (χ1) is 18.7. The third-order valence-electron chi connectivity index (χ3n) is 6.18. The molecule has 2 aromatic rings. The summed E-state index contributed by atoms with van der Waals surface area (Å²) in [6, 6.07) is 12.7. The van der Waals surface area contributed by atoms with Crippen molar-refractivity contribution in [3.05, 3.63) is 75.5 Å². The maximum atomic E-state index is 13.3. The molecular weight excluding hydrogens is 506 g/mol. The third-order valence-corrected chi connectivity index (χ3v) is 6.18. The van der Waals surface area contributed by atoms with Crippen LogP contribution in [-0.2, 0) is 23.9 Å². The van der Waals surface area contributed by atoms with Crippen LogP contribution < -0.4 is 10.1 Å². The fourth-order valence-electron chi connectivity index (χ4n) is 4.40. The zero-order chi connectivity index (χ0) is 28.5. The minimum atomic E-state index is -0.964. The van der Waals surface area contributed by atoms with Gasteiger partial charge in [0, 0.05) is 41.6 Å². The predicted molar refractivity (Wildman–Crippen MR) is 144 cm³/mol. The molecule has 2 atom stereocenters. The van der Waals surface area contributed by atoms with Crippen LogP contribution >= 0.6 is 0 Å². The van der Waals surface area contributed by atoms with E-state index in [-0.39, 0.29) is 43.2 Å². The molecule has 1 aliphatic rings. The molecule has 1 N–H and O–H groups in total. The van der Waals surface area contributed by atoms with E-state index >= 15 is 0 Å². The van der Waals surface area contributed by atoms with Crippen LogP contribution in [0.2, 0.25) is 0 Å². The smallest absolute Gasteiger partial charge is 0.336 e. The van der Waals surface area contributed by atoms with Gasteiger partial charge in [-0.2, -0.15) is 0 Å². The number of ether oxygens (including phenoxy) is 3. The summed E-state index contributed by atoms with van der Waals surface area (Å²) in [4.78, 5) is 53.8. The van der Waals surface area contributed by atoms with Gasteiger partial charge in [0.2, 0.25) is 5.91 Å². The first kappa shape index (κ1) is 29.0. The van der Waals surface area contributed by atoms with Gasteiger partial charge < -0.3 is 19.5 Å². The second-order valence-electron chi connectivity index (χ2n) is 8.83. The molecule has 0 saturated carbocycles. The number of nitro groups is 1. The summed E-state index contributed by atoms with van der Waals surface area (Å²) >= 11 is 0. The van der Waals surface area contributed by atoms with Crippen molar-refractivity contribution in [1.82, 2.24) is 0 Å². The van der Waals surface area contributed by atoms with E-state index < -0.39 is 28.7 Å². The first-order valence-corrected chi connectivity index (χ1v) is 12.4. The molecule has 3 rings (SSSR count). The van der Waals surface area contributed by atoms with Crippen molar-refractivity contribution >= 4 is 34.9 Å². The Bertz CT molecular complexity index is 1300. The highest BCUT2D eigenvalue weighted by molar-refractivity contribution is 6.07. The van der Waals surface area contributed by atoms with Crippen molar-refractivity contribution in [3.8, 4) is 5.75 Å². The maximum absolute atomic E-state index is 13.3. The van der Waals surface area contributed by atoms with Crippen LogP contribution in [0, 0.1) is 16.0 Å². The molecule has 0 fully saturated rings. The lowest BCUT2D eigenvalue weighted by Crippen LogP contribution is -2.36. The van der Waals surface area contributed by atoms with E-state index in [0.29, 0.717) is 28.4 Å². The monoisotopic (exact) mass is 537 g/mol. The van der Waals surface area contributed by atoms with E-state index in [2.05, 4.69) is 10.3 Å². The maximum Gasteiger partial charge on any atom is 0.336 e. The molecule has 0 aromatic heterocycles. The van der Waals surface area contributed by atoms with Crippen molar-refractivity contribution in [2.24, 2.45) is 10.9 Å². The Labute approximate surface area is 226 Å². The summed E-state index contributed by atoms with van der Waals surface area (Å²) in [5.41, 5.74) is 1.70. The average molecular weight is 538 g/mol. The van der Waals surface area contributed by atoms with E-state index in [1.165, 1.54) is 18.2 Å². The fraction of sp³-hybridized carbons (Fsp3) is 0.357.